The predicted molar refractivity (Wildman–Crippen MR) is 118 cm³/mol. The summed E-state index contributed by atoms with van der Waals surface area (Å²) in [6.45, 7) is 5.06. The molecule has 0 atom stereocenters. The molecule has 1 aliphatic rings. The zero-order chi connectivity index (χ0) is 21.0. The molecule has 3 rings (SSSR count). The van der Waals surface area contributed by atoms with Gasteiger partial charge in [-0.15, -0.1) is 0 Å². The Hall–Kier alpha value is -2.24. The molecule has 1 fully saturated rings. The van der Waals surface area contributed by atoms with Crippen LogP contribution in [0.5, 0.6) is 0 Å². The van der Waals surface area contributed by atoms with Gasteiger partial charge < -0.3 is 20.4 Å². The molecule has 1 aliphatic carbocycles. The van der Waals surface area contributed by atoms with Gasteiger partial charge in [-0.25, -0.2) is 0 Å². The van der Waals surface area contributed by atoms with Gasteiger partial charge in [-0.3, -0.25) is 4.79 Å². The fourth-order valence-corrected chi connectivity index (χ4v) is 3.51. The van der Waals surface area contributed by atoms with E-state index in [9.17, 15) is 9.90 Å². The monoisotopic (exact) mass is 416 g/mol. The molecule has 0 amide bonds. The van der Waals surface area contributed by atoms with Gasteiger partial charge in [0.05, 0.1) is 17.0 Å². The molecule has 0 aliphatic heterocycles. The smallest absolute Gasteiger partial charge is 0.303 e. The quantitative estimate of drug-likeness (QED) is 0.503. The molecule has 0 aromatic heterocycles. The number of aliphatic carboxylic acids is 1. The number of hydrogen-bond donors (Lipinski definition) is 3. The first-order chi connectivity index (χ1) is 13.7. The Kier molecular flexibility index (Phi) is 6.70. The Morgan fingerprint density at radius 2 is 1.90 bits per heavy atom. The Balaban J connectivity index is 1.93. The molecule has 0 heterocycles. The van der Waals surface area contributed by atoms with E-state index in [1.54, 1.807) is 0 Å². The highest BCUT2D eigenvalue weighted by Crippen LogP contribution is 2.36. The first kappa shape index (κ1) is 21.5. The molecule has 6 heteroatoms. The molecular weight excluding hydrogens is 388 g/mol. The van der Waals surface area contributed by atoms with Crippen LogP contribution >= 0.6 is 11.6 Å². The highest BCUT2D eigenvalue weighted by molar-refractivity contribution is 6.30. The average Bonchev–Trinajstić information content (AvgIpc) is 3.44. The van der Waals surface area contributed by atoms with E-state index in [-0.39, 0.29) is 6.42 Å². The topological polar surface area (TPSA) is 72.8 Å². The second-order valence-corrected chi connectivity index (χ2v) is 8.95. The van der Waals surface area contributed by atoms with Crippen LogP contribution in [0.3, 0.4) is 0 Å². The van der Waals surface area contributed by atoms with Gasteiger partial charge in [-0.2, -0.15) is 0 Å². The molecule has 0 spiro atoms. The van der Waals surface area contributed by atoms with Gasteiger partial charge in [0.1, 0.15) is 0 Å². The summed E-state index contributed by atoms with van der Waals surface area (Å²) in [6, 6.07) is 13.5. The van der Waals surface area contributed by atoms with E-state index in [1.807, 2.05) is 56.3 Å². The van der Waals surface area contributed by atoms with Crippen LogP contribution in [0.2, 0.25) is 5.02 Å². The SMILES string of the molecule is CC(C)(O)CN(CC1CC1)c1ccc(CCC(=O)O)cc1Nc1ccc(Cl)cc1. The summed E-state index contributed by atoms with van der Waals surface area (Å²) in [5.41, 5.74) is 2.95. The van der Waals surface area contributed by atoms with Crippen molar-refractivity contribution < 1.29 is 15.0 Å². The van der Waals surface area contributed by atoms with Crippen LogP contribution in [0.15, 0.2) is 42.5 Å². The summed E-state index contributed by atoms with van der Waals surface area (Å²) >= 11 is 6.01. The molecule has 156 valence electrons. The van der Waals surface area contributed by atoms with Gasteiger partial charge in [0.2, 0.25) is 0 Å². The Bertz CT molecular complexity index is 842. The van der Waals surface area contributed by atoms with Crippen molar-refractivity contribution in [2.45, 2.75) is 45.1 Å². The molecule has 3 N–H and O–H groups in total. The second-order valence-electron chi connectivity index (χ2n) is 8.51. The summed E-state index contributed by atoms with van der Waals surface area (Å²) in [6.07, 6.45) is 3.01. The lowest BCUT2D eigenvalue weighted by atomic mass is 10.0. The third-order valence-corrected chi connectivity index (χ3v) is 5.16. The van der Waals surface area contributed by atoms with Crippen LogP contribution < -0.4 is 10.2 Å². The number of aryl methyl sites for hydroxylation is 1. The average molecular weight is 417 g/mol. The van der Waals surface area contributed by atoms with E-state index < -0.39 is 11.6 Å². The van der Waals surface area contributed by atoms with Crippen LogP contribution in [-0.2, 0) is 11.2 Å². The number of carboxylic acid groups (broad SMARTS) is 1. The van der Waals surface area contributed by atoms with Crippen molar-refractivity contribution in [3.63, 3.8) is 0 Å². The molecule has 29 heavy (non-hydrogen) atoms. The van der Waals surface area contributed by atoms with E-state index in [0.717, 1.165) is 29.2 Å². The molecule has 0 bridgehead atoms. The second kappa shape index (κ2) is 9.06. The maximum atomic E-state index is 11.0. The van der Waals surface area contributed by atoms with Crippen molar-refractivity contribution in [3.05, 3.63) is 53.1 Å². The van der Waals surface area contributed by atoms with Crippen molar-refractivity contribution in [3.8, 4) is 0 Å². The van der Waals surface area contributed by atoms with E-state index in [0.29, 0.717) is 23.9 Å². The zero-order valence-corrected chi connectivity index (χ0v) is 17.7. The third kappa shape index (κ3) is 6.94. The maximum Gasteiger partial charge on any atom is 0.303 e. The van der Waals surface area contributed by atoms with Crippen molar-refractivity contribution in [1.82, 2.24) is 0 Å². The molecule has 0 radical (unpaired) electrons. The molecule has 0 unspecified atom stereocenters. The lowest BCUT2D eigenvalue weighted by Gasteiger charge is -2.33. The van der Waals surface area contributed by atoms with Crippen LogP contribution in [0.25, 0.3) is 0 Å². The number of hydrogen-bond acceptors (Lipinski definition) is 4. The van der Waals surface area contributed by atoms with Gasteiger partial charge in [-0.1, -0.05) is 17.7 Å². The highest BCUT2D eigenvalue weighted by atomic mass is 35.5. The minimum absolute atomic E-state index is 0.0925. The number of rotatable bonds is 10. The Morgan fingerprint density at radius 3 is 2.48 bits per heavy atom. The van der Waals surface area contributed by atoms with Gasteiger partial charge in [0.15, 0.2) is 0 Å². The van der Waals surface area contributed by atoms with Crippen molar-refractivity contribution >= 4 is 34.6 Å². The third-order valence-electron chi connectivity index (χ3n) is 4.91. The van der Waals surface area contributed by atoms with E-state index in [4.69, 9.17) is 16.7 Å². The molecule has 0 saturated heterocycles. The van der Waals surface area contributed by atoms with Gasteiger partial charge >= 0.3 is 5.97 Å². The molecule has 2 aromatic carbocycles. The molecule has 2 aromatic rings. The number of anilines is 3. The lowest BCUT2D eigenvalue weighted by Crippen LogP contribution is -2.40. The van der Waals surface area contributed by atoms with Crippen LogP contribution in [0.1, 0.15) is 38.7 Å². The van der Waals surface area contributed by atoms with Gasteiger partial charge in [0, 0.05) is 30.2 Å². The fourth-order valence-electron chi connectivity index (χ4n) is 3.38. The number of halogens is 1. The van der Waals surface area contributed by atoms with Crippen LogP contribution in [0, 0.1) is 5.92 Å². The van der Waals surface area contributed by atoms with E-state index in [1.165, 1.54) is 12.8 Å². The lowest BCUT2D eigenvalue weighted by molar-refractivity contribution is -0.136. The van der Waals surface area contributed by atoms with Crippen LogP contribution in [-0.4, -0.2) is 34.9 Å². The number of carbonyl (C=O) groups is 1. The number of carboxylic acids is 1. The number of nitrogens with zero attached hydrogens (tertiary/aromatic N) is 1. The van der Waals surface area contributed by atoms with Gasteiger partial charge in [0.25, 0.3) is 0 Å². The first-order valence-electron chi connectivity index (χ1n) is 10.0. The summed E-state index contributed by atoms with van der Waals surface area (Å²) in [5, 5.41) is 23.6. The minimum atomic E-state index is -0.825. The van der Waals surface area contributed by atoms with E-state index in [2.05, 4.69) is 10.2 Å². The Labute approximate surface area is 177 Å². The fraction of sp³-hybridized carbons (Fsp3) is 0.435. The molecule has 5 nitrogen and oxygen atoms in total. The standard InChI is InChI=1S/C23H29ClN2O3/c1-23(2,29)15-26(14-17-3-4-17)21-11-5-16(6-12-22(27)28)13-20(21)25-19-9-7-18(24)8-10-19/h5,7-11,13,17,25,29H,3-4,6,12,14-15H2,1-2H3,(H,27,28). The Morgan fingerprint density at radius 1 is 1.21 bits per heavy atom. The zero-order valence-electron chi connectivity index (χ0n) is 17.0. The summed E-state index contributed by atoms with van der Waals surface area (Å²) in [5.74, 6) is -0.147. The highest BCUT2D eigenvalue weighted by Gasteiger charge is 2.28. The normalized spacial score (nSPS) is 13.9. The largest absolute Gasteiger partial charge is 0.481 e. The first-order valence-corrected chi connectivity index (χ1v) is 10.4. The summed E-state index contributed by atoms with van der Waals surface area (Å²) < 4.78 is 0. The summed E-state index contributed by atoms with van der Waals surface area (Å²) in [7, 11) is 0. The molecule has 1 saturated carbocycles. The molecular formula is C23H29ClN2O3. The number of aliphatic hydroxyl groups is 1. The van der Waals surface area contributed by atoms with Crippen LogP contribution in [0.4, 0.5) is 17.1 Å². The predicted octanol–water partition coefficient (Wildman–Crippen LogP) is 5.09. The van der Waals surface area contributed by atoms with Crippen molar-refractivity contribution in [1.29, 1.82) is 0 Å². The number of benzene rings is 2. The number of nitrogens with one attached hydrogen (secondary N) is 1. The van der Waals surface area contributed by atoms with E-state index >= 15 is 0 Å². The maximum absolute atomic E-state index is 11.0. The minimum Gasteiger partial charge on any atom is -0.481 e. The van der Waals surface area contributed by atoms with Crippen molar-refractivity contribution in [2.75, 3.05) is 23.3 Å². The van der Waals surface area contributed by atoms with Gasteiger partial charge in [-0.05, 0) is 81.0 Å². The van der Waals surface area contributed by atoms with Crippen molar-refractivity contribution in [2.24, 2.45) is 5.92 Å². The summed E-state index contributed by atoms with van der Waals surface area (Å²) in [4.78, 5) is 13.2.